The van der Waals surface area contributed by atoms with Crippen LogP contribution in [0.5, 0.6) is 0 Å². The molecule has 0 aromatic heterocycles. The predicted molar refractivity (Wildman–Crippen MR) is 153 cm³/mol. The Bertz CT molecular complexity index is 1120. The molecule has 4 aromatic rings. The number of nitrogens with one attached hydrogen (secondary N) is 2. The molecule has 0 spiro atoms. The van der Waals surface area contributed by atoms with Crippen LogP contribution in [0.25, 0.3) is 0 Å². The van der Waals surface area contributed by atoms with E-state index < -0.39 is 0 Å². The fourth-order valence-corrected chi connectivity index (χ4v) is 3.77. The Labute approximate surface area is 221 Å². The van der Waals surface area contributed by atoms with Crippen LogP contribution in [0.3, 0.4) is 0 Å². The van der Waals surface area contributed by atoms with Crippen molar-refractivity contribution in [1.29, 1.82) is 0 Å². The van der Waals surface area contributed by atoms with Gasteiger partial charge in [0.05, 0.1) is 13.2 Å². The van der Waals surface area contributed by atoms with Crippen LogP contribution < -0.4 is 21.6 Å². The zero-order chi connectivity index (χ0) is 25.7. The number of hydrogen-bond donors (Lipinski definition) is 2. The summed E-state index contributed by atoms with van der Waals surface area (Å²) in [4.78, 5) is 0. The van der Waals surface area contributed by atoms with Crippen LogP contribution in [0.2, 0.25) is 0 Å². The average Bonchev–Trinajstić information content (AvgIpc) is 2.92. The number of hydrogen-bond acceptors (Lipinski definition) is 5. The first-order valence-corrected chi connectivity index (χ1v) is 12.5. The summed E-state index contributed by atoms with van der Waals surface area (Å²) in [5.74, 6) is 0. The molecule has 37 heavy (non-hydrogen) atoms. The summed E-state index contributed by atoms with van der Waals surface area (Å²) in [5.41, 5.74) is 6.22. The van der Waals surface area contributed by atoms with Crippen molar-refractivity contribution in [1.82, 2.24) is 0 Å². The van der Waals surface area contributed by atoms with Crippen LogP contribution in [0.4, 0.5) is 11.4 Å². The van der Waals surface area contributed by atoms with Crippen molar-refractivity contribution in [3.8, 4) is 0 Å². The first-order valence-electron chi connectivity index (χ1n) is 12.5. The molecule has 0 saturated heterocycles. The van der Waals surface area contributed by atoms with Crippen LogP contribution in [0, 0.1) is 0 Å². The molecular weight excluding hydrogens is 458 g/mol. The van der Waals surface area contributed by atoms with E-state index in [9.17, 15) is 0 Å². The van der Waals surface area contributed by atoms with Gasteiger partial charge in [-0.3, -0.25) is 0 Å². The lowest BCUT2D eigenvalue weighted by molar-refractivity contribution is 0.107. The Morgan fingerprint density at radius 3 is 1.43 bits per heavy atom. The van der Waals surface area contributed by atoms with Gasteiger partial charge in [-0.05, 0) is 49.2 Å². The molecule has 0 aliphatic heterocycles. The summed E-state index contributed by atoms with van der Waals surface area (Å²) >= 11 is 0. The molecular formula is C30H32B2N2O3. The normalized spacial score (nSPS) is 12.4. The molecule has 0 amide bonds. The molecule has 0 aliphatic rings. The molecule has 5 nitrogen and oxygen atoms in total. The summed E-state index contributed by atoms with van der Waals surface area (Å²) < 4.78 is 17.7. The second-order valence-corrected chi connectivity index (χ2v) is 8.80. The monoisotopic (exact) mass is 490 g/mol. The number of rotatable bonds is 14. The van der Waals surface area contributed by atoms with E-state index in [1.54, 1.807) is 15.0 Å². The van der Waals surface area contributed by atoms with E-state index in [4.69, 9.17) is 14.0 Å². The minimum absolute atomic E-state index is 0.146. The SMILES string of the molecule is CC(Nc1ccccc1)O[B]c1cccc(COCc2cccc([B]OC(C)Nc3ccccc3)c2)c1. The maximum atomic E-state index is 5.99. The molecule has 7 heteroatoms. The number of ether oxygens (including phenoxy) is 1. The van der Waals surface area contributed by atoms with Crippen LogP contribution >= 0.6 is 0 Å². The minimum Gasteiger partial charge on any atom is -0.416 e. The molecule has 0 aliphatic carbocycles. The van der Waals surface area contributed by atoms with Crippen molar-refractivity contribution in [3.05, 3.63) is 120 Å². The highest BCUT2D eigenvalue weighted by Crippen LogP contribution is 2.09. The van der Waals surface area contributed by atoms with Crippen molar-refractivity contribution in [2.45, 2.75) is 39.5 Å². The highest BCUT2D eigenvalue weighted by molar-refractivity contribution is 6.47. The summed E-state index contributed by atoms with van der Waals surface area (Å²) in [6.07, 6.45) is -0.292. The Hall–Kier alpha value is -3.51. The molecule has 0 bridgehead atoms. The standard InChI is InChI=1S/C30H32B2N2O3/c1-23(33-29-15-5-3-6-16-29)36-31-27-13-9-11-25(19-27)21-35-22-26-12-10-14-28(20-26)32-37-24(2)34-30-17-7-4-8-18-30/h3-20,23-24,33-34H,21-22H2,1-2H3. The average molecular weight is 490 g/mol. The second kappa shape index (κ2) is 14.3. The summed E-state index contributed by atoms with van der Waals surface area (Å²) in [6.45, 7) is 4.99. The van der Waals surface area contributed by atoms with Gasteiger partial charge in [0.2, 0.25) is 0 Å². The van der Waals surface area contributed by atoms with Gasteiger partial charge >= 0.3 is 15.0 Å². The fraction of sp³-hybridized carbons (Fsp3) is 0.200. The summed E-state index contributed by atoms with van der Waals surface area (Å²) in [6, 6.07) is 36.4. The third kappa shape index (κ3) is 9.46. The Morgan fingerprint density at radius 1 is 0.568 bits per heavy atom. The largest absolute Gasteiger partial charge is 0.416 e. The van der Waals surface area contributed by atoms with E-state index in [0.717, 1.165) is 33.4 Å². The molecule has 2 radical (unpaired) electrons. The highest BCUT2D eigenvalue weighted by atomic mass is 16.5. The van der Waals surface area contributed by atoms with E-state index in [0.29, 0.717) is 13.2 Å². The molecule has 186 valence electrons. The molecule has 2 N–H and O–H groups in total. The van der Waals surface area contributed by atoms with E-state index in [-0.39, 0.29) is 12.5 Å². The van der Waals surface area contributed by atoms with Gasteiger partial charge < -0.3 is 24.7 Å². The molecule has 0 saturated carbocycles. The lowest BCUT2D eigenvalue weighted by Crippen LogP contribution is -2.27. The minimum atomic E-state index is -0.146. The van der Waals surface area contributed by atoms with E-state index >= 15 is 0 Å². The molecule has 0 heterocycles. The molecule has 2 unspecified atom stereocenters. The van der Waals surface area contributed by atoms with Crippen molar-refractivity contribution in [3.63, 3.8) is 0 Å². The second-order valence-electron chi connectivity index (χ2n) is 8.80. The Kier molecular flexibility index (Phi) is 10.3. The fourth-order valence-electron chi connectivity index (χ4n) is 3.77. The van der Waals surface area contributed by atoms with Crippen LogP contribution in [0.15, 0.2) is 109 Å². The van der Waals surface area contributed by atoms with Gasteiger partial charge in [0.1, 0.15) is 12.5 Å². The summed E-state index contributed by atoms with van der Waals surface area (Å²) in [7, 11) is 3.55. The third-order valence-electron chi connectivity index (χ3n) is 5.54. The zero-order valence-corrected chi connectivity index (χ0v) is 21.3. The van der Waals surface area contributed by atoms with Crippen LogP contribution in [-0.2, 0) is 27.3 Å². The van der Waals surface area contributed by atoms with E-state index in [1.807, 2.05) is 98.8 Å². The van der Waals surface area contributed by atoms with Gasteiger partial charge in [0.25, 0.3) is 0 Å². The van der Waals surface area contributed by atoms with Crippen molar-refractivity contribution in [2.24, 2.45) is 0 Å². The first-order chi connectivity index (χ1) is 18.1. The maximum Gasteiger partial charge on any atom is 0.332 e. The topological polar surface area (TPSA) is 51.8 Å². The molecule has 2 atom stereocenters. The van der Waals surface area contributed by atoms with Gasteiger partial charge in [-0.15, -0.1) is 0 Å². The quantitative estimate of drug-likeness (QED) is 0.196. The van der Waals surface area contributed by atoms with E-state index in [1.165, 1.54) is 0 Å². The predicted octanol–water partition coefficient (Wildman–Crippen LogP) is 4.84. The highest BCUT2D eigenvalue weighted by Gasteiger charge is 2.07. The van der Waals surface area contributed by atoms with Gasteiger partial charge in [-0.25, -0.2) is 0 Å². The summed E-state index contributed by atoms with van der Waals surface area (Å²) in [5, 5.41) is 6.63. The van der Waals surface area contributed by atoms with Gasteiger partial charge in [0.15, 0.2) is 0 Å². The lowest BCUT2D eigenvalue weighted by Gasteiger charge is -2.16. The number of benzene rings is 4. The molecule has 4 rings (SSSR count). The Morgan fingerprint density at radius 2 is 1.00 bits per heavy atom. The number of anilines is 2. The maximum absolute atomic E-state index is 5.99. The van der Waals surface area contributed by atoms with Crippen molar-refractivity contribution < 1.29 is 14.0 Å². The first kappa shape index (κ1) is 26.6. The smallest absolute Gasteiger partial charge is 0.332 e. The van der Waals surface area contributed by atoms with Gasteiger partial charge in [-0.2, -0.15) is 0 Å². The zero-order valence-electron chi connectivity index (χ0n) is 21.3. The van der Waals surface area contributed by atoms with Crippen LogP contribution in [-0.4, -0.2) is 27.4 Å². The van der Waals surface area contributed by atoms with E-state index in [2.05, 4.69) is 34.9 Å². The van der Waals surface area contributed by atoms with Gasteiger partial charge in [0, 0.05) is 11.4 Å². The van der Waals surface area contributed by atoms with Gasteiger partial charge in [-0.1, -0.05) is 95.9 Å². The van der Waals surface area contributed by atoms with Crippen LogP contribution in [0.1, 0.15) is 25.0 Å². The molecule has 0 fully saturated rings. The third-order valence-corrected chi connectivity index (χ3v) is 5.54. The van der Waals surface area contributed by atoms with Crippen molar-refractivity contribution >= 4 is 37.3 Å². The lowest BCUT2D eigenvalue weighted by atomic mass is 9.87. The van der Waals surface area contributed by atoms with Crippen molar-refractivity contribution in [2.75, 3.05) is 10.6 Å². The number of para-hydroxylation sites is 2. The molecule has 4 aromatic carbocycles. The Balaban J connectivity index is 1.19.